The minimum atomic E-state index is -0.747. The number of nitrogens with one attached hydrogen (secondary N) is 1. The highest BCUT2D eigenvalue weighted by atomic mass is 16.3. The summed E-state index contributed by atoms with van der Waals surface area (Å²) in [5.74, 6) is 0.764. The molecule has 2 N–H and O–H groups in total. The van der Waals surface area contributed by atoms with Crippen LogP contribution in [0.1, 0.15) is 48.7 Å². The number of carbonyl (C=O) groups excluding carboxylic acids is 1. The molecule has 100 valence electrons. The molecule has 1 fully saturated rings. The lowest BCUT2D eigenvalue weighted by Gasteiger charge is -2.34. The second-order valence-corrected chi connectivity index (χ2v) is 5.52. The van der Waals surface area contributed by atoms with E-state index in [0.29, 0.717) is 18.2 Å². The zero-order valence-electron chi connectivity index (χ0n) is 11.0. The normalized spacial score (nSPS) is 28.1. The fraction of sp³-hybridized carbons (Fsp3) is 0.643. The van der Waals surface area contributed by atoms with Crippen LogP contribution in [0.3, 0.4) is 0 Å². The number of amides is 1. The first-order valence-electron chi connectivity index (χ1n) is 6.55. The second kappa shape index (κ2) is 5.14. The van der Waals surface area contributed by atoms with E-state index in [-0.39, 0.29) is 5.91 Å². The number of hydrogen-bond donors (Lipinski definition) is 2. The Hall–Kier alpha value is -1.29. The Balaban J connectivity index is 1.88. The third-order valence-corrected chi connectivity index (χ3v) is 3.85. The van der Waals surface area contributed by atoms with Gasteiger partial charge in [0.05, 0.1) is 11.9 Å². The topological polar surface area (TPSA) is 62.5 Å². The van der Waals surface area contributed by atoms with Crippen LogP contribution < -0.4 is 5.32 Å². The maximum Gasteiger partial charge on any atom is 0.287 e. The molecule has 1 amide bonds. The molecule has 1 aromatic rings. The van der Waals surface area contributed by atoms with Crippen molar-refractivity contribution in [1.29, 1.82) is 0 Å². The number of hydrogen-bond acceptors (Lipinski definition) is 3. The standard InChI is InChI=1S/C14H21NO3/c1-10-3-6-14(17,7-4-10)9-15-13(16)12-11(2)5-8-18-12/h5,8,10,17H,3-4,6-7,9H2,1-2H3,(H,15,16). The molecule has 0 bridgehead atoms. The van der Waals surface area contributed by atoms with E-state index in [1.165, 1.54) is 6.26 Å². The van der Waals surface area contributed by atoms with Crippen LogP contribution in [-0.4, -0.2) is 23.2 Å². The molecule has 4 nitrogen and oxygen atoms in total. The number of carbonyl (C=O) groups is 1. The number of furan rings is 1. The van der Waals surface area contributed by atoms with Crippen molar-refractivity contribution in [3.05, 3.63) is 23.7 Å². The van der Waals surface area contributed by atoms with Gasteiger partial charge in [-0.15, -0.1) is 0 Å². The minimum Gasteiger partial charge on any atom is -0.459 e. The molecule has 0 aliphatic heterocycles. The van der Waals surface area contributed by atoms with Gasteiger partial charge in [-0.05, 0) is 44.6 Å². The Kier molecular flexibility index (Phi) is 3.76. The Morgan fingerprint density at radius 2 is 2.22 bits per heavy atom. The van der Waals surface area contributed by atoms with E-state index in [9.17, 15) is 9.90 Å². The van der Waals surface area contributed by atoms with Gasteiger partial charge in [-0.3, -0.25) is 4.79 Å². The van der Waals surface area contributed by atoms with E-state index in [1.54, 1.807) is 6.07 Å². The highest BCUT2D eigenvalue weighted by Crippen LogP contribution is 2.31. The van der Waals surface area contributed by atoms with E-state index >= 15 is 0 Å². The molecule has 1 aliphatic rings. The van der Waals surface area contributed by atoms with E-state index in [4.69, 9.17) is 4.42 Å². The number of aliphatic hydroxyl groups is 1. The molecular formula is C14H21NO3. The van der Waals surface area contributed by atoms with E-state index < -0.39 is 5.60 Å². The highest BCUT2D eigenvalue weighted by Gasteiger charge is 2.32. The largest absolute Gasteiger partial charge is 0.459 e. The minimum absolute atomic E-state index is 0.246. The zero-order valence-corrected chi connectivity index (χ0v) is 11.0. The molecule has 1 saturated carbocycles. The Labute approximate surface area is 107 Å². The third kappa shape index (κ3) is 2.93. The van der Waals surface area contributed by atoms with Crippen molar-refractivity contribution >= 4 is 5.91 Å². The smallest absolute Gasteiger partial charge is 0.287 e. The van der Waals surface area contributed by atoms with Crippen molar-refractivity contribution in [2.45, 2.75) is 45.1 Å². The molecule has 4 heteroatoms. The lowest BCUT2D eigenvalue weighted by Crippen LogP contribution is -2.45. The van der Waals surface area contributed by atoms with Gasteiger partial charge in [-0.2, -0.15) is 0 Å². The molecule has 1 aliphatic carbocycles. The van der Waals surface area contributed by atoms with Crippen molar-refractivity contribution < 1.29 is 14.3 Å². The lowest BCUT2D eigenvalue weighted by molar-refractivity contribution is -0.00559. The predicted molar refractivity (Wildman–Crippen MR) is 68.4 cm³/mol. The molecule has 1 aromatic heterocycles. The summed E-state index contributed by atoms with van der Waals surface area (Å²) in [5, 5.41) is 13.1. The van der Waals surface area contributed by atoms with Crippen molar-refractivity contribution in [3.63, 3.8) is 0 Å². The van der Waals surface area contributed by atoms with Crippen LogP contribution in [0.15, 0.2) is 16.7 Å². The maximum absolute atomic E-state index is 11.9. The zero-order chi connectivity index (χ0) is 13.2. The molecule has 0 radical (unpaired) electrons. The lowest BCUT2D eigenvalue weighted by atomic mass is 9.79. The molecule has 18 heavy (non-hydrogen) atoms. The number of aryl methyl sites for hydroxylation is 1. The van der Waals surface area contributed by atoms with Gasteiger partial charge in [0.2, 0.25) is 0 Å². The van der Waals surface area contributed by atoms with Crippen molar-refractivity contribution in [3.8, 4) is 0 Å². The fourth-order valence-electron chi connectivity index (χ4n) is 2.41. The summed E-state index contributed by atoms with van der Waals surface area (Å²) in [5.41, 5.74) is 0.0691. The molecule has 0 saturated heterocycles. The predicted octanol–water partition coefficient (Wildman–Crippen LogP) is 2.26. The van der Waals surface area contributed by atoms with E-state index in [1.807, 2.05) is 6.92 Å². The van der Waals surface area contributed by atoms with Gasteiger partial charge >= 0.3 is 0 Å². The summed E-state index contributed by atoms with van der Waals surface area (Å²) in [6.07, 6.45) is 5.05. The second-order valence-electron chi connectivity index (χ2n) is 5.52. The molecular weight excluding hydrogens is 230 g/mol. The molecule has 2 rings (SSSR count). The van der Waals surface area contributed by atoms with Crippen molar-refractivity contribution in [1.82, 2.24) is 5.32 Å². The summed E-state index contributed by atoms with van der Waals surface area (Å²) in [4.78, 5) is 11.9. The SMILES string of the molecule is Cc1ccoc1C(=O)NCC1(O)CCC(C)CC1. The molecule has 0 unspecified atom stereocenters. The number of rotatable bonds is 3. The summed E-state index contributed by atoms with van der Waals surface area (Å²) in [7, 11) is 0. The van der Waals surface area contributed by atoms with Crippen LogP contribution in [0.25, 0.3) is 0 Å². The first kappa shape index (κ1) is 13.1. The quantitative estimate of drug-likeness (QED) is 0.866. The summed E-state index contributed by atoms with van der Waals surface area (Å²) in [6, 6.07) is 1.76. The molecule has 0 spiro atoms. The molecule has 0 aromatic carbocycles. The van der Waals surface area contributed by atoms with Gasteiger partial charge in [0.25, 0.3) is 5.91 Å². The average Bonchev–Trinajstić information content (AvgIpc) is 2.77. The van der Waals surface area contributed by atoms with Gasteiger partial charge < -0.3 is 14.8 Å². The fourth-order valence-corrected chi connectivity index (χ4v) is 2.41. The van der Waals surface area contributed by atoms with Crippen LogP contribution in [0, 0.1) is 12.8 Å². The Morgan fingerprint density at radius 3 is 2.78 bits per heavy atom. The Morgan fingerprint density at radius 1 is 1.56 bits per heavy atom. The van der Waals surface area contributed by atoms with Crippen molar-refractivity contribution in [2.24, 2.45) is 5.92 Å². The average molecular weight is 251 g/mol. The van der Waals surface area contributed by atoms with Crippen LogP contribution in [0.4, 0.5) is 0 Å². The molecule has 0 atom stereocenters. The summed E-state index contributed by atoms with van der Waals surface area (Å²) >= 11 is 0. The first-order valence-corrected chi connectivity index (χ1v) is 6.55. The van der Waals surface area contributed by atoms with Gasteiger partial charge in [0.1, 0.15) is 0 Å². The van der Waals surface area contributed by atoms with Gasteiger partial charge in [-0.25, -0.2) is 0 Å². The van der Waals surface area contributed by atoms with Gasteiger partial charge in [-0.1, -0.05) is 6.92 Å². The maximum atomic E-state index is 11.9. The molecule has 1 heterocycles. The summed E-state index contributed by atoms with van der Waals surface area (Å²) in [6.45, 7) is 4.33. The third-order valence-electron chi connectivity index (χ3n) is 3.85. The van der Waals surface area contributed by atoms with Crippen LogP contribution in [0.2, 0.25) is 0 Å². The van der Waals surface area contributed by atoms with Crippen molar-refractivity contribution in [2.75, 3.05) is 6.54 Å². The summed E-state index contributed by atoms with van der Waals surface area (Å²) < 4.78 is 5.12. The highest BCUT2D eigenvalue weighted by molar-refractivity contribution is 5.92. The van der Waals surface area contributed by atoms with Crippen LogP contribution >= 0.6 is 0 Å². The first-order chi connectivity index (χ1) is 8.50. The monoisotopic (exact) mass is 251 g/mol. The van der Waals surface area contributed by atoms with E-state index in [2.05, 4.69) is 12.2 Å². The van der Waals surface area contributed by atoms with Gasteiger partial charge in [0.15, 0.2) is 5.76 Å². The van der Waals surface area contributed by atoms with E-state index in [0.717, 1.165) is 31.2 Å². The van der Waals surface area contributed by atoms with Crippen LogP contribution in [-0.2, 0) is 0 Å². The van der Waals surface area contributed by atoms with Crippen LogP contribution in [0.5, 0.6) is 0 Å². The Bertz CT molecular complexity index is 416. The van der Waals surface area contributed by atoms with Gasteiger partial charge in [0, 0.05) is 12.1 Å².